The van der Waals surface area contributed by atoms with Gasteiger partial charge in [-0.3, -0.25) is 4.79 Å². The van der Waals surface area contributed by atoms with Gasteiger partial charge in [-0.25, -0.2) is 0 Å². The van der Waals surface area contributed by atoms with E-state index in [4.69, 9.17) is 4.52 Å². The standard InChI is InChI=1S/C16H24N2O2/c1-12-14-9-10-18(11-15(14)20-17-12)16(19)8-7-13-5-3-2-4-6-13/h13H,2-11H2,1H3. The number of carbonyl (C=O) groups is 1. The number of fused-ring (bicyclic) bond motifs is 1. The lowest BCUT2D eigenvalue weighted by atomic mass is 9.86. The van der Waals surface area contributed by atoms with Crippen LogP contribution in [0.25, 0.3) is 0 Å². The first-order valence-electron chi connectivity index (χ1n) is 7.96. The summed E-state index contributed by atoms with van der Waals surface area (Å²) in [5.41, 5.74) is 2.19. The van der Waals surface area contributed by atoms with Crippen molar-refractivity contribution >= 4 is 5.91 Å². The molecule has 110 valence electrons. The summed E-state index contributed by atoms with van der Waals surface area (Å²) in [6.07, 6.45) is 9.37. The van der Waals surface area contributed by atoms with Gasteiger partial charge in [-0.2, -0.15) is 0 Å². The number of carbonyl (C=O) groups excluding carboxylic acids is 1. The number of nitrogens with zero attached hydrogens (tertiary/aromatic N) is 2. The Labute approximate surface area is 120 Å². The van der Waals surface area contributed by atoms with E-state index >= 15 is 0 Å². The minimum Gasteiger partial charge on any atom is -0.359 e. The first-order valence-corrected chi connectivity index (χ1v) is 7.96. The number of aryl methyl sites for hydroxylation is 1. The molecule has 2 aliphatic rings. The first kappa shape index (κ1) is 13.7. The molecule has 0 saturated heterocycles. The van der Waals surface area contributed by atoms with Gasteiger partial charge in [-0.05, 0) is 25.7 Å². The van der Waals surface area contributed by atoms with Crippen LogP contribution in [-0.2, 0) is 17.8 Å². The van der Waals surface area contributed by atoms with Crippen molar-refractivity contribution in [3.63, 3.8) is 0 Å². The van der Waals surface area contributed by atoms with Crippen LogP contribution in [0.3, 0.4) is 0 Å². The highest BCUT2D eigenvalue weighted by Gasteiger charge is 2.26. The van der Waals surface area contributed by atoms with Gasteiger partial charge in [0.1, 0.15) is 0 Å². The highest BCUT2D eigenvalue weighted by Crippen LogP contribution is 2.28. The molecule has 4 nitrogen and oxygen atoms in total. The average Bonchev–Trinajstić information content (AvgIpc) is 2.87. The first-order chi connectivity index (χ1) is 9.74. The summed E-state index contributed by atoms with van der Waals surface area (Å²) < 4.78 is 5.32. The molecule has 1 aromatic rings. The molecular formula is C16H24N2O2. The molecule has 1 aliphatic heterocycles. The molecule has 0 radical (unpaired) electrons. The van der Waals surface area contributed by atoms with E-state index in [9.17, 15) is 4.79 Å². The van der Waals surface area contributed by atoms with Crippen molar-refractivity contribution in [3.05, 3.63) is 17.0 Å². The largest absolute Gasteiger partial charge is 0.359 e. The third kappa shape index (κ3) is 2.89. The highest BCUT2D eigenvalue weighted by molar-refractivity contribution is 5.76. The minimum atomic E-state index is 0.287. The molecule has 0 spiro atoms. The number of aromatic nitrogens is 1. The van der Waals surface area contributed by atoms with E-state index in [0.717, 1.165) is 36.8 Å². The van der Waals surface area contributed by atoms with Crippen LogP contribution in [-0.4, -0.2) is 22.5 Å². The summed E-state index contributed by atoms with van der Waals surface area (Å²) in [5.74, 6) is 1.95. The van der Waals surface area contributed by atoms with Crippen LogP contribution in [0.15, 0.2) is 4.52 Å². The van der Waals surface area contributed by atoms with E-state index in [-0.39, 0.29) is 5.91 Å². The van der Waals surface area contributed by atoms with Crippen LogP contribution >= 0.6 is 0 Å². The molecule has 1 saturated carbocycles. The van der Waals surface area contributed by atoms with Gasteiger partial charge >= 0.3 is 0 Å². The SMILES string of the molecule is Cc1noc2c1CCN(C(=O)CCC1CCCCC1)C2. The molecule has 0 N–H and O–H groups in total. The van der Waals surface area contributed by atoms with Crippen LogP contribution < -0.4 is 0 Å². The summed E-state index contributed by atoms with van der Waals surface area (Å²) in [7, 11) is 0. The predicted molar refractivity (Wildman–Crippen MR) is 76.2 cm³/mol. The monoisotopic (exact) mass is 276 g/mol. The van der Waals surface area contributed by atoms with Crippen LogP contribution in [0.1, 0.15) is 62.0 Å². The van der Waals surface area contributed by atoms with E-state index < -0.39 is 0 Å². The summed E-state index contributed by atoms with van der Waals surface area (Å²) in [5, 5.41) is 4.00. The molecule has 0 aromatic carbocycles. The van der Waals surface area contributed by atoms with Crippen molar-refractivity contribution in [3.8, 4) is 0 Å². The van der Waals surface area contributed by atoms with Gasteiger partial charge in [-0.1, -0.05) is 37.3 Å². The van der Waals surface area contributed by atoms with E-state index in [1.165, 1.54) is 37.7 Å². The van der Waals surface area contributed by atoms with Gasteiger partial charge in [-0.15, -0.1) is 0 Å². The maximum Gasteiger partial charge on any atom is 0.222 e. The summed E-state index contributed by atoms with van der Waals surface area (Å²) in [6.45, 7) is 3.40. The fourth-order valence-corrected chi connectivity index (χ4v) is 3.55. The Morgan fingerprint density at radius 2 is 2.15 bits per heavy atom. The third-order valence-corrected chi connectivity index (χ3v) is 4.88. The second-order valence-corrected chi connectivity index (χ2v) is 6.28. The van der Waals surface area contributed by atoms with E-state index in [0.29, 0.717) is 13.0 Å². The van der Waals surface area contributed by atoms with Crippen molar-refractivity contribution in [1.29, 1.82) is 0 Å². The number of hydrogen-bond acceptors (Lipinski definition) is 3. The van der Waals surface area contributed by atoms with Crippen molar-refractivity contribution in [2.24, 2.45) is 5.92 Å². The van der Waals surface area contributed by atoms with E-state index in [1.54, 1.807) is 0 Å². The van der Waals surface area contributed by atoms with Gasteiger partial charge < -0.3 is 9.42 Å². The van der Waals surface area contributed by atoms with Gasteiger partial charge in [0.2, 0.25) is 5.91 Å². The Hall–Kier alpha value is -1.32. The molecule has 2 heterocycles. The van der Waals surface area contributed by atoms with Gasteiger partial charge in [0.15, 0.2) is 5.76 Å². The van der Waals surface area contributed by atoms with Crippen molar-refractivity contribution in [2.45, 2.75) is 64.8 Å². The Bertz CT molecular complexity index is 475. The lowest BCUT2D eigenvalue weighted by Gasteiger charge is -2.27. The van der Waals surface area contributed by atoms with Gasteiger partial charge in [0.25, 0.3) is 0 Å². The Kier molecular flexibility index (Phi) is 4.08. The normalized spacial score (nSPS) is 19.9. The van der Waals surface area contributed by atoms with E-state index in [2.05, 4.69) is 5.16 Å². The molecule has 3 rings (SSSR count). The molecule has 0 unspecified atom stereocenters. The Morgan fingerprint density at radius 3 is 2.95 bits per heavy atom. The fourth-order valence-electron chi connectivity index (χ4n) is 3.55. The van der Waals surface area contributed by atoms with E-state index in [1.807, 2.05) is 11.8 Å². The van der Waals surface area contributed by atoms with Gasteiger partial charge in [0, 0.05) is 18.5 Å². The maximum atomic E-state index is 12.3. The summed E-state index contributed by atoms with van der Waals surface area (Å²) in [6, 6.07) is 0. The average molecular weight is 276 g/mol. The predicted octanol–water partition coefficient (Wildman–Crippen LogP) is 3.23. The van der Waals surface area contributed by atoms with Crippen LogP contribution in [0.2, 0.25) is 0 Å². The molecule has 1 aromatic heterocycles. The zero-order valence-electron chi connectivity index (χ0n) is 12.4. The molecule has 1 fully saturated rings. The smallest absolute Gasteiger partial charge is 0.222 e. The second kappa shape index (κ2) is 5.98. The highest BCUT2D eigenvalue weighted by atomic mass is 16.5. The lowest BCUT2D eigenvalue weighted by Crippen LogP contribution is -2.35. The number of rotatable bonds is 3. The maximum absolute atomic E-state index is 12.3. The number of amides is 1. The van der Waals surface area contributed by atoms with Crippen molar-refractivity contribution < 1.29 is 9.32 Å². The van der Waals surface area contributed by atoms with Gasteiger partial charge in [0.05, 0.1) is 12.2 Å². The number of hydrogen-bond donors (Lipinski definition) is 0. The quantitative estimate of drug-likeness (QED) is 0.851. The zero-order valence-corrected chi connectivity index (χ0v) is 12.4. The topological polar surface area (TPSA) is 46.3 Å². The molecule has 1 amide bonds. The zero-order chi connectivity index (χ0) is 13.9. The Morgan fingerprint density at radius 1 is 1.35 bits per heavy atom. The van der Waals surface area contributed by atoms with Crippen LogP contribution in [0.5, 0.6) is 0 Å². The molecule has 0 bridgehead atoms. The van der Waals surface area contributed by atoms with Crippen LogP contribution in [0, 0.1) is 12.8 Å². The molecule has 0 atom stereocenters. The molecular weight excluding hydrogens is 252 g/mol. The van der Waals surface area contributed by atoms with Crippen LogP contribution in [0.4, 0.5) is 0 Å². The third-order valence-electron chi connectivity index (χ3n) is 4.88. The second-order valence-electron chi connectivity index (χ2n) is 6.28. The summed E-state index contributed by atoms with van der Waals surface area (Å²) in [4.78, 5) is 14.3. The fraction of sp³-hybridized carbons (Fsp3) is 0.750. The lowest BCUT2D eigenvalue weighted by molar-refractivity contribution is -0.132. The summed E-state index contributed by atoms with van der Waals surface area (Å²) >= 11 is 0. The minimum absolute atomic E-state index is 0.287. The molecule has 4 heteroatoms. The molecule has 20 heavy (non-hydrogen) atoms. The Balaban J connectivity index is 1.51. The van der Waals surface area contributed by atoms with Crippen molar-refractivity contribution in [1.82, 2.24) is 10.1 Å². The molecule has 1 aliphatic carbocycles. The van der Waals surface area contributed by atoms with Crippen molar-refractivity contribution in [2.75, 3.05) is 6.54 Å².